The summed E-state index contributed by atoms with van der Waals surface area (Å²) in [4.78, 5) is 0. The van der Waals surface area contributed by atoms with E-state index in [9.17, 15) is 8.78 Å². The standard InChI is InChI=1S/C13H16F2N2/c1-13-6-2-3-10(13)17-12-9(16-7-13)5-4-8(14)11(12)15/h4-5,10,16-17H,2-3,6-7H2,1H3. The van der Waals surface area contributed by atoms with E-state index in [-0.39, 0.29) is 11.5 Å². The fourth-order valence-electron chi connectivity index (χ4n) is 3.00. The first-order valence-corrected chi connectivity index (χ1v) is 6.08. The number of halogens is 2. The summed E-state index contributed by atoms with van der Waals surface area (Å²) in [5.74, 6) is -1.56. The third kappa shape index (κ3) is 1.58. The summed E-state index contributed by atoms with van der Waals surface area (Å²) in [7, 11) is 0. The molecule has 0 amide bonds. The zero-order valence-electron chi connectivity index (χ0n) is 9.82. The van der Waals surface area contributed by atoms with Crippen molar-refractivity contribution in [2.75, 3.05) is 17.2 Å². The van der Waals surface area contributed by atoms with Gasteiger partial charge in [0.1, 0.15) is 0 Å². The minimum atomic E-state index is -0.792. The molecule has 1 saturated carbocycles. The minimum absolute atomic E-state index is 0.127. The van der Waals surface area contributed by atoms with Crippen LogP contribution in [-0.4, -0.2) is 12.6 Å². The quantitative estimate of drug-likeness (QED) is 0.724. The van der Waals surface area contributed by atoms with Gasteiger partial charge in [0.15, 0.2) is 11.6 Å². The molecule has 2 N–H and O–H groups in total. The van der Waals surface area contributed by atoms with Crippen LogP contribution in [0.1, 0.15) is 26.2 Å². The Morgan fingerprint density at radius 1 is 1.35 bits per heavy atom. The molecule has 4 heteroatoms. The van der Waals surface area contributed by atoms with Gasteiger partial charge < -0.3 is 10.6 Å². The van der Waals surface area contributed by atoms with Crippen molar-refractivity contribution in [1.29, 1.82) is 0 Å². The Balaban J connectivity index is 2.04. The Kier molecular flexibility index (Phi) is 2.28. The van der Waals surface area contributed by atoms with Crippen LogP contribution in [0.4, 0.5) is 20.2 Å². The highest BCUT2D eigenvalue weighted by Gasteiger charge is 2.41. The molecule has 0 radical (unpaired) electrons. The van der Waals surface area contributed by atoms with Crippen molar-refractivity contribution in [3.05, 3.63) is 23.8 Å². The summed E-state index contributed by atoms with van der Waals surface area (Å²) < 4.78 is 27.0. The van der Waals surface area contributed by atoms with E-state index >= 15 is 0 Å². The van der Waals surface area contributed by atoms with Crippen LogP contribution in [0, 0.1) is 17.0 Å². The third-order valence-electron chi connectivity index (χ3n) is 4.18. The summed E-state index contributed by atoms with van der Waals surface area (Å²) in [6, 6.07) is 3.00. The molecule has 1 aromatic carbocycles. The lowest BCUT2D eigenvalue weighted by atomic mass is 9.85. The van der Waals surface area contributed by atoms with E-state index in [4.69, 9.17) is 0 Å². The first-order chi connectivity index (χ1) is 8.10. The minimum Gasteiger partial charge on any atom is -0.383 e. The summed E-state index contributed by atoms with van der Waals surface area (Å²) >= 11 is 0. The molecule has 0 bridgehead atoms. The van der Waals surface area contributed by atoms with Crippen molar-refractivity contribution in [1.82, 2.24) is 0 Å². The average molecular weight is 238 g/mol. The van der Waals surface area contributed by atoms with Gasteiger partial charge in [0.05, 0.1) is 11.4 Å². The predicted octanol–water partition coefficient (Wildman–Crippen LogP) is 3.36. The molecule has 1 aliphatic carbocycles. The highest BCUT2D eigenvalue weighted by atomic mass is 19.2. The van der Waals surface area contributed by atoms with E-state index in [1.807, 2.05) is 0 Å². The average Bonchev–Trinajstić information content (AvgIpc) is 2.60. The zero-order chi connectivity index (χ0) is 12.0. The van der Waals surface area contributed by atoms with Gasteiger partial charge in [0, 0.05) is 18.0 Å². The number of rotatable bonds is 0. The molecule has 1 fully saturated rings. The smallest absolute Gasteiger partial charge is 0.183 e. The van der Waals surface area contributed by atoms with Gasteiger partial charge in [0.25, 0.3) is 0 Å². The van der Waals surface area contributed by atoms with Crippen molar-refractivity contribution in [3.8, 4) is 0 Å². The molecule has 1 aromatic rings. The van der Waals surface area contributed by atoms with E-state index in [0.29, 0.717) is 11.4 Å². The second kappa shape index (κ2) is 3.59. The zero-order valence-corrected chi connectivity index (χ0v) is 9.82. The normalized spacial score (nSPS) is 30.9. The Morgan fingerprint density at radius 2 is 2.18 bits per heavy atom. The fraction of sp³-hybridized carbons (Fsp3) is 0.538. The van der Waals surface area contributed by atoms with Gasteiger partial charge >= 0.3 is 0 Å². The van der Waals surface area contributed by atoms with Crippen LogP contribution in [0.25, 0.3) is 0 Å². The Labute approximate surface area is 99.4 Å². The molecule has 2 unspecified atom stereocenters. The number of nitrogens with one attached hydrogen (secondary N) is 2. The number of hydrogen-bond donors (Lipinski definition) is 2. The molecular weight excluding hydrogens is 222 g/mol. The Hall–Kier alpha value is -1.32. The van der Waals surface area contributed by atoms with Crippen LogP contribution in [0.15, 0.2) is 12.1 Å². The summed E-state index contributed by atoms with van der Waals surface area (Å²) in [5.41, 5.74) is 1.09. The monoisotopic (exact) mass is 238 g/mol. The maximum atomic E-state index is 13.8. The van der Waals surface area contributed by atoms with Crippen LogP contribution in [0.3, 0.4) is 0 Å². The molecule has 92 valence electrons. The largest absolute Gasteiger partial charge is 0.383 e. The van der Waals surface area contributed by atoms with Crippen molar-refractivity contribution >= 4 is 11.4 Å². The molecule has 2 atom stereocenters. The van der Waals surface area contributed by atoms with Gasteiger partial charge in [-0.1, -0.05) is 13.3 Å². The van der Waals surface area contributed by atoms with E-state index in [2.05, 4.69) is 17.6 Å². The molecule has 3 rings (SSSR count). The second-order valence-corrected chi connectivity index (χ2v) is 5.38. The molecule has 0 saturated heterocycles. The predicted molar refractivity (Wildman–Crippen MR) is 64.2 cm³/mol. The van der Waals surface area contributed by atoms with Crippen LogP contribution >= 0.6 is 0 Å². The van der Waals surface area contributed by atoms with Gasteiger partial charge in [0.2, 0.25) is 0 Å². The molecule has 17 heavy (non-hydrogen) atoms. The lowest BCUT2D eigenvalue weighted by molar-refractivity contribution is 0.335. The van der Waals surface area contributed by atoms with Crippen LogP contribution in [0.2, 0.25) is 0 Å². The third-order valence-corrected chi connectivity index (χ3v) is 4.18. The molecule has 0 spiro atoms. The number of fused-ring (bicyclic) bond motifs is 2. The summed E-state index contributed by atoms with van der Waals surface area (Å²) in [6.45, 7) is 3.01. The van der Waals surface area contributed by atoms with E-state index in [1.165, 1.54) is 6.07 Å². The van der Waals surface area contributed by atoms with Gasteiger partial charge in [-0.15, -0.1) is 0 Å². The summed E-state index contributed by atoms with van der Waals surface area (Å²) in [5, 5.41) is 6.43. The summed E-state index contributed by atoms with van der Waals surface area (Å²) in [6.07, 6.45) is 3.28. The molecular formula is C13H16F2N2. The van der Waals surface area contributed by atoms with Crippen molar-refractivity contribution in [2.24, 2.45) is 5.41 Å². The number of hydrogen-bond acceptors (Lipinski definition) is 2. The lowest BCUT2D eigenvalue weighted by Gasteiger charge is -2.29. The SMILES string of the molecule is CC12CCCC1Nc1c(ccc(F)c1F)NC2. The van der Waals surface area contributed by atoms with Crippen LogP contribution in [0.5, 0.6) is 0 Å². The Morgan fingerprint density at radius 3 is 3.00 bits per heavy atom. The number of benzene rings is 1. The van der Waals surface area contributed by atoms with E-state index in [1.54, 1.807) is 6.07 Å². The van der Waals surface area contributed by atoms with Crippen LogP contribution in [-0.2, 0) is 0 Å². The highest BCUT2D eigenvalue weighted by molar-refractivity contribution is 5.71. The van der Waals surface area contributed by atoms with Crippen LogP contribution < -0.4 is 10.6 Å². The Bertz CT molecular complexity index is 461. The maximum Gasteiger partial charge on any atom is 0.183 e. The van der Waals surface area contributed by atoms with Crippen molar-refractivity contribution in [2.45, 2.75) is 32.2 Å². The van der Waals surface area contributed by atoms with E-state index in [0.717, 1.165) is 25.8 Å². The van der Waals surface area contributed by atoms with Gasteiger partial charge in [-0.25, -0.2) is 8.78 Å². The van der Waals surface area contributed by atoms with Gasteiger partial charge in [-0.05, 0) is 25.0 Å². The van der Waals surface area contributed by atoms with Crippen molar-refractivity contribution in [3.63, 3.8) is 0 Å². The molecule has 2 nitrogen and oxygen atoms in total. The molecule has 2 aliphatic rings. The fourth-order valence-corrected chi connectivity index (χ4v) is 3.00. The first kappa shape index (κ1) is 10.8. The topological polar surface area (TPSA) is 24.1 Å². The molecule has 1 heterocycles. The second-order valence-electron chi connectivity index (χ2n) is 5.38. The lowest BCUT2D eigenvalue weighted by Crippen LogP contribution is -2.36. The van der Waals surface area contributed by atoms with Crippen molar-refractivity contribution < 1.29 is 8.78 Å². The first-order valence-electron chi connectivity index (χ1n) is 6.08. The number of anilines is 2. The van der Waals surface area contributed by atoms with Gasteiger partial charge in [-0.2, -0.15) is 0 Å². The van der Waals surface area contributed by atoms with E-state index < -0.39 is 11.6 Å². The molecule has 0 aromatic heterocycles. The maximum absolute atomic E-state index is 13.8. The van der Waals surface area contributed by atoms with Gasteiger partial charge in [-0.3, -0.25) is 0 Å². The highest BCUT2D eigenvalue weighted by Crippen LogP contribution is 2.44. The molecule has 1 aliphatic heterocycles.